The molecule has 0 fully saturated rings. The van der Waals surface area contributed by atoms with Gasteiger partial charge >= 0.3 is 0 Å². The lowest BCUT2D eigenvalue weighted by atomic mass is 9.93. The summed E-state index contributed by atoms with van der Waals surface area (Å²) < 4.78 is 9.39. The van der Waals surface area contributed by atoms with E-state index >= 15 is 0 Å². The highest BCUT2D eigenvalue weighted by molar-refractivity contribution is 7.26. The molecule has 0 saturated heterocycles. The van der Waals surface area contributed by atoms with Crippen LogP contribution in [0.5, 0.6) is 0 Å². The van der Waals surface area contributed by atoms with Gasteiger partial charge in [0.15, 0.2) is 17.5 Å². The van der Waals surface area contributed by atoms with Gasteiger partial charge in [-0.05, 0) is 64.2 Å². The monoisotopic (exact) mass is 733 g/mol. The van der Waals surface area contributed by atoms with Crippen LogP contribution in [0.3, 0.4) is 0 Å². The zero-order chi connectivity index (χ0) is 37.0. The lowest BCUT2D eigenvalue weighted by Gasteiger charge is -2.11. The smallest absolute Gasteiger partial charge is 0.167 e. The van der Waals surface area contributed by atoms with E-state index in [0.717, 1.165) is 55.3 Å². The van der Waals surface area contributed by atoms with Crippen LogP contribution < -0.4 is 0 Å². The van der Waals surface area contributed by atoms with Crippen molar-refractivity contribution in [2.24, 2.45) is 0 Å². The summed E-state index contributed by atoms with van der Waals surface area (Å²) in [6.45, 7) is 0. The summed E-state index contributed by atoms with van der Waals surface area (Å²) in [5, 5.41) is 4.62. The molecule has 11 rings (SSSR count). The zero-order valence-corrected chi connectivity index (χ0v) is 30.9. The standard InChI is InChI=1S/C51H31N3OS/c1-4-15-32(16-5-1)35-21-12-22-36(29-35)50-52-49(34-19-8-3-9-20-34)53-51(54-50)41-26-13-25-40-46-39(24-14-27-44(46)55-47(40)41)43-31-37(33-17-6-2-7-18-33)30-42-38-23-10-11-28-45(38)56-48(42)43/h1-31H. The van der Waals surface area contributed by atoms with Crippen molar-refractivity contribution < 1.29 is 4.42 Å². The fourth-order valence-electron chi connectivity index (χ4n) is 7.88. The molecule has 0 aliphatic heterocycles. The Morgan fingerprint density at radius 3 is 1.71 bits per heavy atom. The Labute approximate surface area is 327 Å². The first-order valence-corrected chi connectivity index (χ1v) is 19.5. The van der Waals surface area contributed by atoms with Crippen molar-refractivity contribution >= 4 is 53.4 Å². The summed E-state index contributed by atoms with van der Waals surface area (Å²) in [6.07, 6.45) is 0. The van der Waals surface area contributed by atoms with Crippen LogP contribution in [0.2, 0.25) is 0 Å². The van der Waals surface area contributed by atoms with Gasteiger partial charge in [-0.3, -0.25) is 0 Å². The predicted octanol–water partition coefficient (Wildman–Crippen LogP) is 14.1. The highest BCUT2D eigenvalue weighted by Crippen LogP contribution is 2.47. The summed E-state index contributed by atoms with van der Waals surface area (Å²) in [7, 11) is 0. The van der Waals surface area contributed by atoms with E-state index < -0.39 is 0 Å². The van der Waals surface area contributed by atoms with Crippen LogP contribution in [0.1, 0.15) is 0 Å². The van der Waals surface area contributed by atoms with E-state index in [9.17, 15) is 0 Å². The van der Waals surface area contributed by atoms with Crippen LogP contribution >= 0.6 is 11.3 Å². The van der Waals surface area contributed by atoms with Gasteiger partial charge in [-0.1, -0.05) is 152 Å². The van der Waals surface area contributed by atoms with Crippen LogP contribution in [0.4, 0.5) is 0 Å². The number of hydrogen-bond acceptors (Lipinski definition) is 5. The Hall–Kier alpha value is -7.21. The van der Waals surface area contributed by atoms with Crippen molar-refractivity contribution in [1.82, 2.24) is 15.0 Å². The van der Waals surface area contributed by atoms with Crippen molar-refractivity contribution in [1.29, 1.82) is 0 Å². The largest absolute Gasteiger partial charge is 0.455 e. The lowest BCUT2D eigenvalue weighted by molar-refractivity contribution is 0.669. The highest BCUT2D eigenvalue weighted by atomic mass is 32.1. The molecule has 3 aromatic heterocycles. The van der Waals surface area contributed by atoms with Gasteiger partial charge < -0.3 is 4.42 Å². The van der Waals surface area contributed by atoms with Gasteiger partial charge in [0.1, 0.15) is 11.2 Å². The topological polar surface area (TPSA) is 51.8 Å². The number of benzene rings is 8. The summed E-state index contributed by atoms with van der Waals surface area (Å²) in [4.78, 5) is 15.3. The molecule has 56 heavy (non-hydrogen) atoms. The second kappa shape index (κ2) is 13.3. The number of furan rings is 1. The van der Waals surface area contributed by atoms with E-state index in [1.807, 2.05) is 47.7 Å². The number of thiophene rings is 1. The van der Waals surface area contributed by atoms with Gasteiger partial charge in [0.05, 0.1) is 5.56 Å². The van der Waals surface area contributed by atoms with Gasteiger partial charge in [-0.25, -0.2) is 15.0 Å². The minimum atomic E-state index is 0.558. The summed E-state index contributed by atoms with van der Waals surface area (Å²) >= 11 is 1.84. The predicted molar refractivity (Wildman–Crippen MR) is 233 cm³/mol. The maximum atomic E-state index is 6.86. The third kappa shape index (κ3) is 5.48. The number of para-hydroxylation sites is 1. The molecule has 262 valence electrons. The Kier molecular flexibility index (Phi) is 7.64. The van der Waals surface area contributed by atoms with E-state index in [2.05, 4.69) is 152 Å². The lowest BCUT2D eigenvalue weighted by Crippen LogP contribution is -2.00. The Bertz CT molecular complexity index is 3240. The normalized spacial score (nSPS) is 11.6. The Balaban J connectivity index is 1.13. The zero-order valence-electron chi connectivity index (χ0n) is 30.1. The molecule has 0 unspecified atom stereocenters. The molecular weight excluding hydrogens is 703 g/mol. The third-order valence-corrected chi connectivity index (χ3v) is 11.8. The van der Waals surface area contributed by atoms with Crippen molar-refractivity contribution in [2.45, 2.75) is 0 Å². The van der Waals surface area contributed by atoms with E-state index in [1.54, 1.807) is 0 Å². The van der Waals surface area contributed by atoms with Gasteiger partial charge in [-0.2, -0.15) is 0 Å². The molecule has 0 saturated carbocycles. The van der Waals surface area contributed by atoms with Crippen LogP contribution in [-0.4, -0.2) is 15.0 Å². The molecule has 8 aromatic carbocycles. The fourth-order valence-corrected chi connectivity index (χ4v) is 9.10. The van der Waals surface area contributed by atoms with E-state index in [-0.39, 0.29) is 0 Å². The molecular formula is C51H31N3OS. The van der Waals surface area contributed by atoms with Gasteiger partial charge in [0, 0.05) is 47.6 Å². The summed E-state index contributed by atoms with van der Waals surface area (Å²) in [5.74, 6) is 1.77. The van der Waals surface area contributed by atoms with Gasteiger partial charge in [0.2, 0.25) is 0 Å². The Morgan fingerprint density at radius 1 is 0.357 bits per heavy atom. The SMILES string of the molecule is c1ccc(-c2cccc(-c3nc(-c4ccccc4)nc(-c4cccc5c4oc4cccc(-c6cc(-c7ccccc7)cc7c6sc6ccccc67)c45)n3)c2)cc1. The molecule has 0 aliphatic rings. The number of rotatable bonds is 6. The first-order chi connectivity index (χ1) is 27.7. The quantitative estimate of drug-likeness (QED) is 0.171. The van der Waals surface area contributed by atoms with Crippen LogP contribution in [0, 0.1) is 0 Å². The maximum absolute atomic E-state index is 6.86. The van der Waals surface area contributed by atoms with E-state index in [4.69, 9.17) is 19.4 Å². The minimum absolute atomic E-state index is 0.558. The molecule has 0 aliphatic carbocycles. The minimum Gasteiger partial charge on any atom is -0.455 e. The molecule has 0 spiro atoms. The van der Waals surface area contributed by atoms with E-state index in [0.29, 0.717) is 17.5 Å². The number of hydrogen-bond donors (Lipinski definition) is 0. The number of fused-ring (bicyclic) bond motifs is 6. The van der Waals surface area contributed by atoms with Crippen molar-refractivity contribution in [3.8, 4) is 67.5 Å². The van der Waals surface area contributed by atoms with E-state index in [1.165, 1.54) is 36.9 Å². The summed E-state index contributed by atoms with van der Waals surface area (Å²) in [5.41, 5.74) is 11.1. The molecule has 3 heterocycles. The van der Waals surface area contributed by atoms with Crippen LogP contribution in [0.25, 0.3) is 110 Å². The average molecular weight is 734 g/mol. The molecule has 0 amide bonds. The number of nitrogens with zero attached hydrogens (tertiary/aromatic N) is 3. The number of aromatic nitrogens is 3. The highest BCUT2D eigenvalue weighted by Gasteiger charge is 2.22. The fraction of sp³-hybridized carbons (Fsp3) is 0. The Morgan fingerprint density at radius 2 is 0.929 bits per heavy atom. The average Bonchev–Trinajstić information content (AvgIpc) is 3.86. The van der Waals surface area contributed by atoms with Gasteiger partial charge in [0.25, 0.3) is 0 Å². The molecule has 0 N–H and O–H groups in total. The van der Waals surface area contributed by atoms with Gasteiger partial charge in [-0.15, -0.1) is 11.3 Å². The second-order valence-electron chi connectivity index (χ2n) is 13.9. The molecule has 0 radical (unpaired) electrons. The molecule has 5 heteroatoms. The molecule has 11 aromatic rings. The first-order valence-electron chi connectivity index (χ1n) is 18.7. The molecule has 0 atom stereocenters. The third-order valence-electron chi connectivity index (χ3n) is 10.5. The first kappa shape index (κ1) is 32.2. The van der Waals surface area contributed by atoms with Crippen molar-refractivity contribution in [2.75, 3.05) is 0 Å². The van der Waals surface area contributed by atoms with Crippen LogP contribution in [0.15, 0.2) is 192 Å². The molecule has 4 nitrogen and oxygen atoms in total. The maximum Gasteiger partial charge on any atom is 0.167 e. The molecule has 0 bridgehead atoms. The second-order valence-corrected chi connectivity index (χ2v) is 15.0. The van der Waals surface area contributed by atoms with Crippen molar-refractivity contribution in [3.05, 3.63) is 188 Å². The van der Waals surface area contributed by atoms with Crippen LogP contribution in [-0.2, 0) is 0 Å². The van der Waals surface area contributed by atoms with Crippen molar-refractivity contribution in [3.63, 3.8) is 0 Å². The summed E-state index contributed by atoms with van der Waals surface area (Å²) in [6, 6.07) is 65.6.